The van der Waals surface area contributed by atoms with Gasteiger partial charge in [-0.2, -0.15) is 0 Å². The van der Waals surface area contributed by atoms with E-state index in [0.29, 0.717) is 21.8 Å². The van der Waals surface area contributed by atoms with E-state index in [9.17, 15) is 9.50 Å². The minimum Gasteiger partial charge on any atom is -0.392 e. The van der Waals surface area contributed by atoms with Crippen LogP contribution in [-0.4, -0.2) is 10.1 Å². The number of benzene rings is 1. The second kappa shape index (κ2) is 4.60. The highest BCUT2D eigenvalue weighted by Gasteiger charge is 2.10. The quantitative estimate of drug-likeness (QED) is 0.871. The zero-order chi connectivity index (χ0) is 11.5. The fraction of sp³-hybridized carbons (Fsp3) is 0.0833. The molecule has 4 heteroatoms. The third-order valence-electron chi connectivity index (χ3n) is 2.23. The first-order valence-corrected chi connectivity index (χ1v) is 5.10. The molecular formula is C12H9ClFNO. The lowest BCUT2D eigenvalue weighted by Crippen LogP contribution is -1.95. The van der Waals surface area contributed by atoms with Gasteiger partial charge in [-0.25, -0.2) is 4.39 Å². The van der Waals surface area contributed by atoms with Crippen molar-refractivity contribution in [1.29, 1.82) is 0 Å². The molecule has 2 rings (SSSR count). The van der Waals surface area contributed by atoms with Crippen molar-refractivity contribution in [1.82, 2.24) is 4.98 Å². The molecule has 0 fully saturated rings. The van der Waals surface area contributed by atoms with E-state index < -0.39 is 0 Å². The van der Waals surface area contributed by atoms with Gasteiger partial charge in [-0.3, -0.25) is 4.98 Å². The van der Waals surface area contributed by atoms with Gasteiger partial charge in [0.15, 0.2) is 0 Å². The van der Waals surface area contributed by atoms with E-state index in [2.05, 4.69) is 4.98 Å². The van der Waals surface area contributed by atoms with E-state index in [1.807, 2.05) is 0 Å². The molecule has 0 saturated carbocycles. The Morgan fingerprint density at radius 3 is 2.75 bits per heavy atom. The number of aliphatic hydroxyl groups excluding tert-OH is 1. The van der Waals surface area contributed by atoms with Crippen molar-refractivity contribution in [3.63, 3.8) is 0 Å². The van der Waals surface area contributed by atoms with Crippen LogP contribution in [0.3, 0.4) is 0 Å². The van der Waals surface area contributed by atoms with E-state index in [1.54, 1.807) is 24.3 Å². The van der Waals surface area contributed by atoms with Crippen molar-refractivity contribution in [3.8, 4) is 11.3 Å². The molecule has 0 amide bonds. The number of aliphatic hydroxyl groups is 1. The molecule has 0 spiro atoms. The van der Waals surface area contributed by atoms with Gasteiger partial charge in [0, 0.05) is 17.3 Å². The molecular weight excluding hydrogens is 229 g/mol. The Labute approximate surface area is 97.3 Å². The third-order valence-corrected chi connectivity index (χ3v) is 2.44. The van der Waals surface area contributed by atoms with Crippen LogP contribution in [0, 0.1) is 5.82 Å². The van der Waals surface area contributed by atoms with Crippen molar-refractivity contribution >= 4 is 11.6 Å². The second-order valence-corrected chi connectivity index (χ2v) is 3.74. The highest BCUT2D eigenvalue weighted by molar-refractivity contribution is 6.30. The van der Waals surface area contributed by atoms with Crippen molar-refractivity contribution in [3.05, 3.63) is 52.9 Å². The normalized spacial score (nSPS) is 10.4. The lowest BCUT2D eigenvalue weighted by molar-refractivity contribution is 0.282. The standard InChI is InChI=1S/C12H9ClFNO/c13-9-5-8(7-16)12(15-6-9)10-3-1-2-4-11(10)14/h1-6,16H,7H2. The summed E-state index contributed by atoms with van der Waals surface area (Å²) in [5.74, 6) is -0.368. The highest BCUT2D eigenvalue weighted by atomic mass is 35.5. The van der Waals surface area contributed by atoms with E-state index in [0.717, 1.165) is 0 Å². The Kier molecular flexibility index (Phi) is 3.17. The fourth-order valence-electron chi connectivity index (χ4n) is 1.50. The first-order valence-electron chi connectivity index (χ1n) is 4.72. The summed E-state index contributed by atoms with van der Waals surface area (Å²) >= 11 is 5.76. The van der Waals surface area contributed by atoms with Gasteiger partial charge in [-0.1, -0.05) is 23.7 Å². The maximum atomic E-state index is 13.5. The molecule has 0 aliphatic rings. The average Bonchev–Trinajstić information content (AvgIpc) is 2.30. The third kappa shape index (κ3) is 2.05. The fourth-order valence-corrected chi connectivity index (χ4v) is 1.68. The second-order valence-electron chi connectivity index (χ2n) is 3.30. The Morgan fingerprint density at radius 1 is 1.31 bits per heavy atom. The number of hydrogen-bond donors (Lipinski definition) is 1. The topological polar surface area (TPSA) is 33.1 Å². The summed E-state index contributed by atoms with van der Waals surface area (Å²) < 4.78 is 13.5. The number of halogens is 2. The van der Waals surface area contributed by atoms with Crippen LogP contribution in [0.15, 0.2) is 36.5 Å². The van der Waals surface area contributed by atoms with Crippen molar-refractivity contribution in [2.45, 2.75) is 6.61 Å². The van der Waals surface area contributed by atoms with Gasteiger partial charge in [-0.15, -0.1) is 0 Å². The van der Waals surface area contributed by atoms with Crippen LogP contribution in [-0.2, 0) is 6.61 Å². The number of hydrogen-bond acceptors (Lipinski definition) is 2. The molecule has 82 valence electrons. The van der Waals surface area contributed by atoms with Crippen LogP contribution in [0.2, 0.25) is 5.02 Å². The van der Waals surface area contributed by atoms with Crippen molar-refractivity contribution < 1.29 is 9.50 Å². The maximum Gasteiger partial charge on any atom is 0.132 e. The lowest BCUT2D eigenvalue weighted by atomic mass is 10.1. The summed E-state index contributed by atoms with van der Waals surface area (Å²) in [7, 11) is 0. The minimum absolute atomic E-state index is 0.225. The Balaban J connectivity index is 2.60. The largest absolute Gasteiger partial charge is 0.392 e. The number of aromatic nitrogens is 1. The van der Waals surface area contributed by atoms with Crippen LogP contribution < -0.4 is 0 Å². The molecule has 0 aliphatic heterocycles. The van der Waals surface area contributed by atoms with E-state index in [1.165, 1.54) is 12.3 Å². The molecule has 2 aromatic rings. The van der Waals surface area contributed by atoms with Gasteiger partial charge in [-0.05, 0) is 18.2 Å². The maximum absolute atomic E-state index is 13.5. The zero-order valence-corrected chi connectivity index (χ0v) is 9.08. The van der Waals surface area contributed by atoms with E-state index in [4.69, 9.17) is 11.6 Å². The Hall–Kier alpha value is -1.45. The molecule has 0 unspecified atom stereocenters. The van der Waals surface area contributed by atoms with Gasteiger partial charge in [0.25, 0.3) is 0 Å². The van der Waals surface area contributed by atoms with Crippen LogP contribution in [0.4, 0.5) is 4.39 Å². The predicted molar refractivity (Wildman–Crippen MR) is 60.6 cm³/mol. The average molecular weight is 238 g/mol. The molecule has 0 bridgehead atoms. The Morgan fingerprint density at radius 2 is 2.06 bits per heavy atom. The monoisotopic (exact) mass is 237 g/mol. The number of pyridine rings is 1. The molecule has 1 N–H and O–H groups in total. The molecule has 1 aromatic heterocycles. The molecule has 2 nitrogen and oxygen atoms in total. The van der Waals surface area contributed by atoms with Crippen LogP contribution >= 0.6 is 11.6 Å². The molecule has 1 aromatic carbocycles. The lowest BCUT2D eigenvalue weighted by Gasteiger charge is -2.07. The minimum atomic E-state index is -0.368. The summed E-state index contributed by atoms with van der Waals surface area (Å²) in [4.78, 5) is 4.05. The number of rotatable bonds is 2. The van der Waals surface area contributed by atoms with Gasteiger partial charge < -0.3 is 5.11 Å². The summed E-state index contributed by atoms with van der Waals surface area (Å²) in [6.45, 7) is -0.225. The van der Waals surface area contributed by atoms with Gasteiger partial charge in [0.2, 0.25) is 0 Å². The molecule has 0 atom stereocenters. The molecule has 0 radical (unpaired) electrons. The number of nitrogens with zero attached hydrogens (tertiary/aromatic N) is 1. The van der Waals surface area contributed by atoms with Crippen LogP contribution in [0.5, 0.6) is 0 Å². The van der Waals surface area contributed by atoms with Crippen LogP contribution in [0.1, 0.15) is 5.56 Å². The smallest absolute Gasteiger partial charge is 0.132 e. The first kappa shape index (κ1) is 11.0. The van der Waals surface area contributed by atoms with E-state index in [-0.39, 0.29) is 12.4 Å². The molecule has 1 heterocycles. The highest BCUT2D eigenvalue weighted by Crippen LogP contribution is 2.25. The van der Waals surface area contributed by atoms with Crippen molar-refractivity contribution in [2.75, 3.05) is 0 Å². The van der Waals surface area contributed by atoms with Crippen LogP contribution in [0.25, 0.3) is 11.3 Å². The Bertz CT molecular complexity index is 516. The van der Waals surface area contributed by atoms with Gasteiger partial charge >= 0.3 is 0 Å². The summed E-state index contributed by atoms with van der Waals surface area (Å²) in [5, 5.41) is 9.59. The van der Waals surface area contributed by atoms with Crippen molar-refractivity contribution in [2.24, 2.45) is 0 Å². The molecule has 0 saturated heterocycles. The molecule has 16 heavy (non-hydrogen) atoms. The first-order chi connectivity index (χ1) is 7.72. The van der Waals surface area contributed by atoms with Gasteiger partial charge in [0.05, 0.1) is 17.3 Å². The SMILES string of the molecule is OCc1cc(Cl)cnc1-c1ccccc1F. The molecule has 0 aliphatic carbocycles. The van der Waals surface area contributed by atoms with Gasteiger partial charge in [0.1, 0.15) is 5.82 Å². The summed E-state index contributed by atoms with van der Waals surface area (Å²) in [5.41, 5.74) is 1.30. The summed E-state index contributed by atoms with van der Waals surface area (Å²) in [6.07, 6.45) is 1.43. The van der Waals surface area contributed by atoms with E-state index >= 15 is 0 Å². The zero-order valence-electron chi connectivity index (χ0n) is 8.32. The predicted octanol–water partition coefficient (Wildman–Crippen LogP) is 3.03. The summed E-state index contributed by atoms with van der Waals surface area (Å²) in [6, 6.07) is 7.87.